The lowest BCUT2D eigenvalue weighted by molar-refractivity contribution is -0.131. The highest BCUT2D eigenvalue weighted by molar-refractivity contribution is 8.00. The standard InChI is InChI=1S/C18H36N4O2S/c1-6-19-17(21(5)14-16(23)22(7-2)8-3)20-15-18(25-9-4)10-12-24-13-11-18/h6-15H2,1-5H3,(H,19,20). The van der Waals surface area contributed by atoms with Crippen molar-refractivity contribution in [1.29, 1.82) is 0 Å². The van der Waals surface area contributed by atoms with Crippen LogP contribution in [0.3, 0.4) is 0 Å². The minimum atomic E-state index is 0.141. The summed E-state index contributed by atoms with van der Waals surface area (Å²) in [5.41, 5.74) is 0. The van der Waals surface area contributed by atoms with Gasteiger partial charge in [0.2, 0.25) is 5.91 Å². The molecule has 0 saturated carbocycles. The van der Waals surface area contributed by atoms with Gasteiger partial charge in [-0.2, -0.15) is 11.8 Å². The minimum absolute atomic E-state index is 0.141. The number of amides is 1. The Morgan fingerprint density at radius 1 is 1.20 bits per heavy atom. The molecular formula is C18H36N4O2S. The number of likely N-dealkylation sites (N-methyl/N-ethyl adjacent to an activating group) is 2. The normalized spacial score (nSPS) is 17.2. The van der Waals surface area contributed by atoms with E-state index in [4.69, 9.17) is 9.73 Å². The molecule has 6 nitrogen and oxygen atoms in total. The van der Waals surface area contributed by atoms with Gasteiger partial charge in [-0.05, 0) is 39.4 Å². The topological polar surface area (TPSA) is 57.2 Å². The van der Waals surface area contributed by atoms with E-state index < -0.39 is 0 Å². The number of carbonyl (C=O) groups excluding carboxylic acids is 1. The van der Waals surface area contributed by atoms with E-state index in [9.17, 15) is 4.79 Å². The number of carbonyl (C=O) groups is 1. The molecule has 1 fully saturated rings. The summed E-state index contributed by atoms with van der Waals surface area (Å²) in [6, 6.07) is 0. The molecule has 1 aliphatic heterocycles. The molecule has 0 aromatic carbocycles. The van der Waals surface area contributed by atoms with Crippen molar-refractivity contribution in [3.05, 3.63) is 0 Å². The van der Waals surface area contributed by atoms with E-state index in [1.807, 2.05) is 42.5 Å². The number of rotatable bonds is 9. The van der Waals surface area contributed by atoms with Crippen LogP contribution in [0.1, 0.15) is 40.5 Å². The third-order valence-corrected chi connectivity index (χ3v) is 5.99. The quantitative estimate of drug-likeness (QED) is 0.496. The molecule has 1 heterocycles. The molecule has 0 radical (unpaired) electrons. The zero-order valence-corrected chi connectivity index (χ0v) is 17.5. The fraction of sp³-hybridized carbons (Fsp3) is 0.889. The second-order valence-corrected chi connectivity index (χ2v) is 8.05. The molecule has 0 unspecified atom stereocenters. The number of hydrogen-bond donors (Lipinski definition) is 1. The molecular weight excluding hydrogens is 336 g/mol. The van der Waals surface area contributed by atoms with Gasteiger partial charge in [-0.25, -0.2) is 0 Å². The fourth-order valence-electron chi connectivity index (χ4n) is 3.04. The number of ether oxygens (including phenoxy) is 1. The number of thioether (sulfide) groups is 1. The first-order valence-electron chi connectivity index (χ1n) is 9.50. The van der Waals surface area contributed by atoms with E-state index in [0.717, 1.165) is 63.9 Å². The van der Waals surface area contributed by atoms with E-state index in [-0.39, 0.29) is 10.7 Å². The molecule has 0 aliphatic carbocycles. The van der Waals surface area contributed by atoms with E-state index >= 15 is 0 Å². The van der Waals surface area contributed by atoms with Crippen molar-refractivity contribution in [3.8, 4) is 0 Å². The van der Waals surface area contributed by atoms with Crippen LogP contribution >= 0.6 is 11.8 Å². The number of nitrogens with zero attached hydrogens (tertiary/aromatic N) is 3. The lowest BCUT2D eigenvalue weighted by Crippen LogP contribution is -2.46. The number of guanidine groups is 1. The molecule has 0 atom stereocenters. The summed E-state index contributed by atoms with van der Waals surface area (Å²) in [6.07, 6.45) is 2.08. The van der Waals surface area contributed by atoms with Crippen molar-refractivity contribution in [2.24, 2.45) is 4.99 Å². The van der Waals surface area contributed by atoms with Gasteiger partial charge >= 0.3 is 0 Å². The Hall–Kier alpha value is -0.950. The number of hydrogen-bond acceptors (Lipinski definition) is 4. The van der Waals surface area contributed by atoms with Crippen molar-refractivity contribution in [2.45, 2.75) is 45.3 Å². The van der Waals surface area contributed by atoms with Gasteiger partial charge in [0.1, 0.15) is 0 Å². The Morgan fingerprint density at radius 3 is 2.36 bits per heavy atom. The molecule has 1 rings (SSSR count). The molecule has 0 spiro atoms. The van der Waals surface area contributed by atoms with Crippen molar-refractivity contribution in [1.82, 2.24) is 15.1 Å². The van der Waals surface area contributed by atoms with Crippen LogP contribution in [-0.4, -0.2) is 85.2 Å². The van der Waals surface area contributed by atoms with Gasteiger partial charge < -0.3 is 19.9 Å². The van der Waals surface area contributed by atoms with Crippen LogP contribution in [0.2, 0.25) is 0 Å². The second-order valence-electron chi connectivity index (χ2n) is 6.32. The molecule has 1 amide bonds. The van der Waals surface area contributed by atoms with Crippen LogP contribution in [0.25, 0.3) is 0 Å². The largest absolute Gasteiger partial charge is 0.381 e. The molecule has 25 heavy (non-hydrogen) atoms. The molecule has 1 N–H and O–H groups in total. The summed E-state index contributed by atoms with van der Waals surface area (Å²) >= 11 is 1.99. The van der Waals surface area contributed by atoms with E-state index in [1.165, 1.54) is 0 Å². The first kappa shape index (κ1) is 22.1. The maximum atomic E-state index is 12.4. The predicted molar refractivity (Wildman–Crippen MR) is 107 cm³/mol. The van der Waals surface area contributed by atoms with Crippen molar-refractivity contribution >= 4 is 23.6 Å². The lowest BCUT2D eigenvalue weighted by atomic mass is 9.99. The third-order valence-electron chi connectivity index (χ3n) is 4.56. The van der Waals surface area contributed by atoms with E-state index in [2.05, 4.69) is 19.2 Å². The van der Waals surface area contributed by atoms with E-state index in [0.29, 0.717) is 6.54 Å². The van der Waals surface area contributed by atoms with Crippen molar-refractivity contribution < 1.29 is 9.53 Å². The summed E-state index contributed by atoms with van der Waals surface area (Å²) < 4.78 is 5.70. The highest BCUT2D eigenvalue weighted by Crippen LogP contribution is 2.35. The van der Waals surface area contributed by atoms with E-state index in [1.54, 1.807) is 0 Å². The monoisotopic (exact) mass is 372 g/mol. The first-order chi connectivity index (χ1) is 12.0. The average molecular weight is 373 g/mol. The average Bonchev–Trinajstić information content (AvgIpc) is 2.60. The summed E-state index contributed by atoms with van der Waals surface area (Å²) in [6.45, 7) is 13.3. The highest BCUT2D eigenvalue weighted by atomic mass is 32.2. The van der Waals surface area contributed by atoms with Gasteiger partial charge in [-0.1, -0.05) is 6.92 Å². The Labute approximate surface area is 157 Å². The van der Waals surface area contributed by atoms with Crippen LogP contribution < -0.4 is 5.32 Å². The van der Waals surface area contributed by atoms with Crippen LogP contribution in [-0.2, 0) is 9.53 Å². The third kappa shape index (κ3) is 7.05. The molecule has 0 bridgehead atoms. The Balaban J connectivity index is 2.78. The van der Waals surface area contributed by atoms with Crippen LogP contribution in [0.15, 0.2) is 4.99 Å². The summed E-state index contributed by atoms with van der Waals surface area (Å²) in [7, 11) is 1.94. The first-order valence-corrected chi connectivity index (χ1v) is 10.5. The summed E-state index contributed by atoms with van der Waals surface area (Å²) in [5.74, 6) is 2.04. The van der Waals surface area contributed by atoms with Crippen molar-refractivity contribution in [2.75, 3.05) is 58.7 Å². The molecule has 146 valence electrons. The highest BCUT2D eigenvalue weighted by Gasteiger charge is 2.32. The molecule has 7 heteroatoms. The Kier molecular flexibility index (Phi) is 10.3. The number of aliphatic imine (C=N–C) groups is 1. The van der Waals surface area contributed by atoms with Gasteiger partial charge in [-0.15, -0.1) is 0 Å². The second kappa shape index (κ2) is 11.6. The molecule has 1 aliphatic rings. The van der Waals surface area contributed by atoms with Crippen LogP contribution in [0.4, 0.5) is 0 Å². The molecule has 0 aromatic heterocycles. The van der Waals surface area contributed by atoms with Gasteiger partial charge in [0.05, 0.1) is 13.1 Å². The SMILES string of the molecule is CCNC(=NCC1(SCC)CCOCC1)N(C)CC(=O)N(CC)CC. The smallest absolute Gasteiger partial charge is 0.242 e. The predicted octanol–water partition coefficient (Wildman–Crippen LogP) is 2.05. The van der Waals surface area contributed by atoms with Crippen LogP contribution in [0, 0.1) is 0 Å². The van der Waals surface area contributed by atoms with Crippen LogP contribution in [0.5, 0.6) is 0 Å². The maximum absolute atomic E-state index is 12.4. The maximum Gasteiger partial charge on any atom is 0.242 e. The Bertz CT molecular complexity index is 416. The fourth-order valence-corrected chi connectivity index (χ4v) is 4.26. The lowest BCUT2D eigenvalue weighted by Gasteiger charge is -2.35. The zero-order valence-electron chi connectivity index (χ0n) is 16.6. The van der Waals surface area contributed by atoms with Gasteiger partial charge in [0.25, 0.3) is 0 Å². The van der Waals surface area contributed by atoms with Gasteiger partial charge in [-0.3, -0.25) is 9.79 Å². The summed E-state index contributed by atoms with van der Waals surface area (Å²) in [5, 5.41) is 3.33. The Morgan fingerprint density at radius 2 is 1.84 bits per heavy atom. The van der Waals surface area contributed by atoms with Gasteiger partial charge in [0, 0.05) is 44.6 Å². The molecule has 0 aromatic rings. The van der Waals surface area contributed by atoms with Gasteiger partial charge in [0.15, 0.2) is 5.96 Å². The minimum Gasteiger partial charge on any atom is -0.381 e. The number of nitrogens with one attached hydrogen (secondary N) is 1. The van der Waals surface area contributed by atoms with Crippen molar-refractivity contribution in [3.63, 3.8) is 0 Å². The summed E-state index contributed by atoms with van der Waals surface area (Å²) in [4.78, 5) is 21.0. The molecule has 1 saturated heterocycles. The zero-order chi connectivity index (χ0) is 18.7.